The second-order valence-corrected chi connectivity index (χ2v) is 6.38. The Morgan fingerprint density at radius 2 is 2.17 bits per heavy atom. The van der Waals surface area contributed by atoms with E-state index in [1.807, 2.05) is 31.2 Å². The maximum Gasteiger partial charge on any atom is 0.327 e. The molecule has 2 N–H and O–H groups in total. The fourth-order valence-corrected chi connectivity index (χ4v) is 3.35. The van der Waals surface area contributed by atoms with Gasteiger partial charge < -0.3 is 15.2 Å². The highest BCUT2D eigenvalue weighted by Gasteiger charge is 2.20. The predicted octanol–water partition coefficient (Wildman–Crippen LogP) is 2.45. The van der Waals surface area contributed by atoms with Crippen LogP contribution in [0.4, 0.5) is 0 Å². The quantitative estimate of drug-likeness (QED) is 0.576. The number of benzene rings is 1. The Labute approximate surface area is 148 Å². The van der Waals surface area contributed by atoms with E-state index in [-0.39, 0.29) is 11.6 Å². The Kier molecular flexibility index (Phi) is 6.28. The summed E-state index contributed by atoms with van der Waals surface area (Å²) in [6.07, 6.45) is 0. The third kappa shape index (κ3) is 4.52. The molecule has 1 amide bonds. The molecule has 6 nitrogen and oxygen atoms in total. The van der Waals surface area contributed by atoms with Crippen molar-refractivity contribution in [1.82, 2.24) is 10.3 Å². The smallest absolute Gasteiger partial charge is 0.327 e. The van der Waals surface area contributed by atoms with E-state index in [0.717, 1.165) is 21.5 Å². The Morgan fingerprint density at radius 3 is 2.79 bits per heavy atom. The standard InChI is InChI=1S/C16H17ClN2O4S/c1-9-5-14(11-6-10(23-2)3-4-12(11)18-9)24-8-13(16(21)22)19-15(20)7-17/h3-6,13H,7-8H2,1-2H3,(H,19,20)(H,21,22)/t13-/m0/s1. The van der Waals surface area contributed by atoms with Gasteiger partial charge in [-0.25, -0.2) is 4.79 Å². The largest absolute Gasteiger partial charge is 0.497 e. The van der Waals surface area contributed by atoms with Gasteiger partial charge in [0.1, 0.15) is 17.7 Å². The van der Waals surface area contributed by atoms with E-state index in [9.17, 15) is 14.7 Å². The molecule has 1 heterocycles. The number of carbonyl (C=O) groups is 2. The number of hydrogen-bond donors (Lipinski definition) is 2. The summed E-state index contributed by atoms with van der Waals surface area (Å²) in [5, 5.41) is 12.5. The second kappa shape index (κ2) is 8.21. The van der Waals surface area contributed by atoms with Crippen LogP contribution in [0.25, 0.3) is 10.9 Å². The molecule has 8 heteroatoms. The number of rotatable bonds is 7. The number of aliphatic carboxylic acids is 1. The summed E-state index contributed by atoms with van der Waals surface area (Å²) < 4.78 is 5.24. The van der Waals surface area contributed by atoms with E-state index in [1.165, 1.54) is 11.8 Å². The lowest BCUT2D eigenvalue weighted by atomic mass is 10.2. The Balaban J connectivity index is 2.27. The molecular weight excluding hydrogens is 352 g/mol. The van der Waals surface area contributed by atoms with Crippen LogP contribution in [0.15, 0.2) is 29.2 Å². The predicted molar refractivity (Wildman–Crippen MR) is 94.0 cm³/mol. The zero-order valence-electron chi connectivity index (χ0n) is 13.2. The van der Waals surface area contributed by atoms with Crippen LogP contribution in [-0.2, 0) is 9.59 Å². The molecule has 0 radical (unpaired) electrons. The van der Waals surface area contributed by atoms with Gasteiger partial charge in [-0.3, -0.25) is 9.78 Å². The molecule has 128 valence electrons. The van der Waals surface area contributed by atoms with Crippen molar-refractivity contribution in [2.75, 3.05) is 18.7 Å². The fourth-order valence-electron chi connectivity index (χ4n) is 2.13. The molecular formula is C16H17ClN2O4S. The van der Waals surface area contributed by atoms with Gasteiger partial charge in [0.15, 0.2) is 0 Å². The van der Waals surface area contributed by atoms with Gasteiger partial charge in [-0.1, -0.05) is 0 Å². The zero-order valence-corrected chi connectivity index (χ0v) is 14.8. The number of carbonyl (C=O) groups excluding carboxylic acids is 1. The van der Waals surface area contributed by atoms with Gasteiger partial charge in [0, 0.05) is 21.7 Å². The number of thioether (sulfide) groups is 1. The minimum Gasteiger partial charge on any atom is -0.497 e. The second-order valence-electron chi connectivity index (χ2n) is 5.05. The number of aromatic nitrogens is 1. The molecule has 0 saturated heterocycles. The van der Waals surface area contributed by atoms with Crippen LogP contribution >= 0.6 is 23.4 Å². The first-order valence-corrected chi connectivity index (χ1v) is 8.63. The molecule has 0 aliphatic carbocycles. The van der Waals surface area contributed by atoms with Gasteiger partial charge in [-0.05, 0) is 31.2 Å². The van der Waals surface area contributed by atoms with Crippen LogP contribution in [0.1, 0.15) is 5.69 Å². The number of alkyl halides is 1. The van der Waals surface area contributed by atoms with E-state index in [2.05, 4.69) is 10.3 Å². The minimum atomic E-state index is -1.10. The van der Waals surface area contributed by atoms with Crippen molar-refractivity contribution in [2.45, 2.75) is 17.9 Å². The molecule has 2 aromatic rings. The maximum absolute atomic E-state index is 11.3. The highest BCUT2D eigenvalue weighted by molar-refractivity contribution is 7.99. The van der Waals surface area contributed by atoms with E-state index in [4.69, 9.17) is 16.3 Å². The van der Waals surface area contributed by atoms with Gasteiger partial charge in [-0.15, -0.1) is 23.4 Å². The van der Waals surface area contributed by atoms with Crippen molar-refractivity contribution in [1.29, 1.82) is 0 Å². The first kappa shape index (κ1) is 18.4. The Bertz CT molecular complexity index is 769. The number of nitrogens with zero attached hydrogens (tertiary/aromatic N) is 1. The molecule has 0 aliphatic rings. The maximum atomic E-state index is 11.3. The SMILES string of the molecule is COc1ccc2nc(C)cc(SC[C@H](NC(=O)CCl)C(=O)O)c2c1. The van der Waals surface area contributed by atoms with Crippen molar-refractivity contribution in [3.05, 3.63) is 30.0 Å². The summed E-state index contributed by atoms with van der Waals surface area (Å²) in [6.45, 7) is 1.87. The normalized spacial score (nSPS) is 12.0. The zero-order chi connectivity index (χ0) is 17.7. The number of hydrogen-bond acceptors (Lipinski definition) is 5. The number of fused-ring (bicyclic) bond motifs is 1. The number of carboxylic acids is 1. The Hall–Kier alpha value is -1.99. The topological polar surface area (TPSA) is 88.5 Å². The first-order valence-electron chi connectivity index (χ1n) is 7.11. The van der Waals surface area contributed by atoms with Crippen molar-refractivity contribution in [3.63, 3.8) is 0 Å². The number of aryl methyl sites for hydroxylation is 1. The van der Waals surface area contributed by atoms with E-state index in [1.54, 1.807) is 7.11 Å². The highest BCUT2D eigenvalue weighted by Crippen LogP contribution is 2.31. The average Bonchev–Trinajstić information content (AvgIpc) is 2.57. The number of nitrogens with one attached hydrogen (secondary N) is 1. The molecule has 1 atom stereocenters. The number of amides is 1. The van der Waals surface area contributed by atoms with Crippen molar-refractivity contribution in [3.8, 4) is 5.75 Å². The number of halogens is 1. The number of pyridine rings is 1. The van der Waals surface area contributed by atoms with E-state index >= 15 is 0 Å². The molecule has 1 aromatic carbocycles. The van der Waals surface area contributed by atoms with Gasteiger partial charge in [0.05, 0.1) is 12.6 Å². The van der Waals surface area contributed by atoms with Crippen molar-refractivity contribution in [2.24, 2.45) is 0 Å². The van der Waals surface area contributed by atoms with Gasteiger partial charge in [-0.2, -0.15) is 0 Å². The summed E-state index contributed by atoms with van der Waals surface area (Å²) in [5.74, 6) is -1.02. The average molecular weight is 369 g/mol. The van der Waals surface area contributed by atoms with E-state index in [0.29, 0.717) is 5.75 Å². The molecule has 1 aromatic heterocycles. The molecule has 2 rings (SSSR count). The van der Waals surface area contributed by atoms with Crippen LogP contribution in [-0.4, -0.2) is 46.8 Å². The number of methoxy groups -OCH3 is 1. The van der Waals surface area contributed by atoms with Crippen LogP contribution in [0, 0.1) is 6.92 Å². The van der Waals surface area contributed by atoms with Gasteiger partial charge >= 0.3 is 5.97 Å². The molecule has 0 saturated carbocycles. The fraction of sp³-hybridized carbons (Fsp3) is 0.312. The summed E-state index contributed by atoms with van der Waals surface area (Å²) >= 11 is 6.75. The lowest BCUT2D eigenvalue weighted by Gasteiger charge is -2.14. The van der Waals surface area contributed by atoms with Crippen LogP contribution in [0.5, 0.6) is 5.75 Å². The lowest BCUT2D eigenvalue weighted by molar-refractivity contribution is -0.140. The molecule has 24 heavy (non-hydrogen) atoms. The number of carboxylic acid groups (broad SMARTS) is 1. The molecule has 0 spiro atoms. The Morgan fingerprint density at radius 1 is 1.42 bits per heavy atom. The van der Waals surface area contributed by atoms with Crippen LogP contribution in [0.2, 0.25) is 0 Å². The van der Waals surface area contributed by atoms with Gasteiger partial charge in [0.2, 0.25) is 5.91 Å². The lowest BCUT2D eigenvalue weighted by Crippen LogP contribution is -2.43. The van der Waals surface area contributed by atoms with Crippen molar-refractivity contribution >= 4 is 46.1 Å². The summed E-state index contributed by atoms with van der Waals surface area (Å²) in [4.78, 5) is 28.0. The molecule has 0 aliphatic heterocycles. The molecule has 0 bridgehead atoms. The summed E-state index contributed by atoms with van der Waals surface area (Å²) in [6, 6.07) is 6.40. The third-order valence-corrected chi connectivity index (χ3v) is 4.66. The van der Waals surface area contributed by atoms with Gasteiger partial charge in [0.25, 0.3) is 0 Å². The molecule has 0 fully saturated rings. The summed E-state index contributed by atoms with van der Waals surface area (Å²) in [5.41, 5.74) is 1.63. The minimum absolute atomic E-state index is 0.174. The number of ether oxygens (including phenoxy) is 1. The molecule has 0 unspecified atom stereocenters. The monoisotopic (exact) mass is 368 g/mol. The first-order chi connectivity index (χ1) is 11.4. The van der Waals surface area contributed by atoms with Crippen LogP contribution in [0.3, 0.4) is 0 Å². The third-order valence-electron chi connectivity index (χ3n) is 3.27. The van der Waals surface area contributed by atoms with E-state index < -0.39 is 17.9 Å². The van der Waals surface area contributed by atoms with Crippen LogP contribution < -0.4 is 10.1 Å². The van der Waals surface area contributed by atoms with Crippen molar-refractivity contribution < 1.29 is 19.4 Å². The highest BCUT2D eigenvalue weighted by atomic mass is 35.5. The summed E-state index contributed by atoms with van der Waals surface area (Å²) in [7, 11) is 1.58.